The molecule has 1 aromatic heterocycles. The van der Waals surface area contributed by atoms with Gasteiger partial charge in [-0.3, -0.25) is 0 Å². The zero-order valence-corrected chi connectivity index (χ0v) is 18.7. The summed E-state index contributed by atoms with van der Waals surface area (Å²) in [6, 6.07) is 32.5. The lowest BCUT2D eigenvalue weighted by Crippen LogP contribution is -2.53. The number of fused-ring (bicyclic) bond motifs is 5. The molecule has 2 aliphatic rings. The predicted molar refractivity (Wildman–Crippen MR) is 133 cm³/mol. The van der Waals surface area contributed by atoms with Gasteiger partial charge in [0.2, 0.25) is 0 Å². The second-order valence-electron chi connectivity index (χ2n) is 9.41. The van der Waals surface area contributed by atoms with E-state index in [-0.39, 0.29) is 11.6 Å². The van der Waals surface area contributed by atoms with E-state index in [0.29, 0.717) is 5.92 Å². The van der Waals surface area contributed by atoms with E-state index in [2.05, 4.69) is 122 Å². The third-order valence-corrected chi connectivity index (χ3v) is 7.47. The van der Waals surface area contributed by atoms with Gasteiger partial charge in [0.05, 0.1) is 11.4 Å². The molecule has 0 amide bonds. The van der Waals surface area contributed by atoms with Crippen LogP contribution in [0.5, 0.6) is 0 Å². The maximum absolute atomic E-state index is 4.92. The van der Waals surface area contributed by atoms with Crippen LogP contribution in [0.2, 0.25) is 0 Å². The third-order valence-electron chi connectivity index (χ3n) is 7.47. The molecule has 0 radical (unpaired) electrons. The molecule has 0 fully saturated rings. The van der Waals surface area contributed by atoms with Crippen molar-refractivity contribution in [2.45, 2.75) is 32.4 Å². The van der Waals surface area contributed by atoms with Gasteiger partial charge in [-0.1, -0.05) is 87.5 Å². The van der Waals surface area contributed by atoms with Gasteiger partial charge in [0.25, 0.3) is 0 Å². The summed E-state index contributed by atoms with van der Waals surface area (Å²) in [5, 5.41) is 0. The number of hydrogen-bond acceptors (Lipinski definition) is 3. The monoisotopic (exact) mass is 417 g/mol. The van der Waals surface area contributed by atoms with E-state index >= 15 is 0 Å². The van der Waals surface area contributed by atoms with Crippen molar-refractivity contribution in [1.29, 1.82) is 0 Å². The smallest absolute Gasteiger partial charge is 0.158 e. The molecule has 2 atom stereocenters. The van der Waals surface area contributed by atoms with Crippen molar-refractivity contribution < 1.29 is 0 Å². The molecule has 0 spiro atoms. The SMILES string of the molecule is CC1C2N(c3ccccc3C1(C)C)c1cccnc1N2c1ccccc1-c1ccccc1. The number of benzene rings is 3. The quantitative estimate of drug-likeness (QED) is 0.341. The molecule has 2 unspecified atom stereocenters. The normalized spacial score (nSPS) is 20.5. The second kappa shape index (κ2) is 6.96. The van der Waals surface area contributed by atoms with Gasteiger partial charge in [0.15, 0.2) is 5.82 Å². The Bertz CT molecular complexity index is 1290. The summed E-state index contributed by atoms with van der Waals surface area (Å²) in [6.07, 6.45) is 2.06. The maximum Gasteiger partial charge on any atom is 0.158 e. The van der Waals surface area contributed by atoms with E-state index in [0.717, 1.165) is 5.82 Å². The summed E-state index contributed by atoms with van der Waals surface area (Å²) in [5.74, 6) is 1.40. The summed E-state index contributed by atoms with van der Waals surface area (Å²) in [6.45, 7) is 7.15. The zero-order chi connectivity index (χ0) is 21.9. The highest BCUT2D eigenvalue weighted by Gasteiger charge is 2.51. The molecule has 0 saturated carbocycles. The topological polar surface area (TPSA) is 19.4 Å². The molecule has 0 aliphatic carbocycles. The van der Waals surface area contributed by atoms with Crippen LogP contribution in [0.1, 0.15) is 26.3 Å². The van der Waals surface area contributed by atoms with Crippen molar-refractivity contribution in [3.63, 3.8) is 0 Å². The largest absolute Gasteiger partial charge is 0.316 e. The fraction of sp³-hybridized carbons (Fsp3) is 0.207. The number of nitrogens with zero attached hydrogens (tertiary/aromatic N) is 3. The zero-order valence-electron chi connectivity index (χ0n) is 18.7. The minimum atomic E-state index is 0.0275. The fourth-order valence-corrected chi connectivity index (χ4v) is 5.51. The highest BCUT2D eigenvalue weighted by molar-refractivity contribution is 5.92. The van der Waals surface area contributed by atoms with Crippen molar-refractivity contribution in [3.8, 4) is 11.1 Å². The van der Waals surface area contributed by atoms with E-state index in [1.54, 1.807) is 0 Å². The Balaban J connectivity index is 1.62. The van der Waals surface area contributed by atoms with Crippen LogP contribution in [0.25, 0.3) is 11.1 Å². The maximum atomic E-state index is 4.92. The van der Waals surface area contributed by atoms with Crippen LogP contribution in [-0.2, 0) is 5.41 Å². The van der Waals surface area contributed by atoms with Crippen LogP contribution < -0.4 is 9.80 Å². The van der Waals surface area contributed by atoms with Gasteiger partial charge in [0.1, 0.15) is 6.17 Å². The molecular formula is C29H27N3. The molecule has 3 aromatic carbocycles. The van der Waals surface area contributed by atoms with Crippen LogP contribution in [0.15, 0.2) is 97.2 Å². The molecule has 0 bridgehead atoms. The van der Waals surface area contributed by atoms with Crippen LogP contribution >= 0.6 is 0 Å². The minimum Gasteiger partial charge on any atom is -0.316 e. The van der Waals surface area contributed by atoms with Crippen molar-refractivity contribution in [1.82, 2.24) is 4.98 Å². The van der Waals surface area contributed by atoms with Crippen LogP contribution in [0, 0.1) is 5.92 Å². The second-order valence-corrected chi connectivity index (χ2v) is 9.41. The van der Waals surface area contributed by atoms with Gasteiger partial charge in [-0.15, -0.1) is 0 Å². The van der Waals surface area contributed by atoms with Crippen LogP contribution in [0.3, 0.4) is 0 Å². The van der Waals surface area contributed by atoms with E-state index in [9.17, 15) is 0 Å². The first-order valence-corrected chi connectivity index (χ1v) is 11.4. The van der Waals surface area contributed by atoms with Gasteiger partial charge < -0.3 is 9.80 Å². The van der Waals surface area contributed by atoms with Gasteiger partial charge >= 0.3 is 0 Å². The standard InChI is InChI=1S/C29H27N3/c1-20-28-31(25-17-10-8-15-23(25)29(20,2)3)26-18-11-19-30-27(26)32(28)24-16-9-7-14-22(24)21-12-5-4-6-13-21/h4-20,28H,1-3H3. The van der Waals surface area contributed by atoms with Gasteiger partial charge in [-0.25, -0.2) is 4.98 Å². The average molecular weight is 418 g/mol. The highest BCUT2D eigenvalue weighted by Crippen LogP contribution is 2.57. The number of pyridine rings is 1. The van der Waals surface area contributed by atoms with Crippen LogP contribution in [-0.4, -0.2) is 11.1 Å². The molecule has 3 nitrogen and oxygen atoms in total. The molecule has 6 rings (SSSR count). The Morgan fingerprint density at radius 1 is 0.688 bits per heavy atom. The molecule has 3 heterocycles. The predicted octanol–water partition coefficient (Wildman–Crippen LogP) is 7.29. The molecular weight excluding hydrogens is 390 g/mol. The van der Waals surface area contributed by atoms with Crippen molar-refractivity contribution in [2.75, 3.05) is 9.80 Å². The highest BCUT2D eigenvalue weighted by atomic mass is 15.5. The number of para-hydroxylation sites is 2. The van der Waals surface area contributed by atoms with E-state index in [4.69, 9.17) is 4.98 Å². The van der Waals surface area contributed by atoms with E-state index in [1.807, 2.05) is 6.20 Å². The Morgan fingerprint density at radius 2 is 1.34 bits per heavy atom. The minimum absolute atomic E-state index is 0.0275. The number of rotatable bonds is 2. The van der Waals surface area contributed by atoms with Gasteiger partial charge in [0, 0.05) is 23.4 Å². The number of aromatic nitrogens is 1. The first-order chi connectivity index (χ1) is 15.6. The molecule has 3 heteroatoms. The summed E-state index contributed by atoms with van der Waals surface area (Å²) in [7, 11) is 0. The van der Waals surface area contributed by atoms with Gasteiger partial charge in [-0.2, -0.15) is 0 Å². The average Bonchev–Trinajstić information content (AvgIpc) is 3.18. The first-order valence-electron chi connectivity index (χ1n) is 11.4. The molecule has 0 saturated heterocycles. The molecule has 4 aromatic rings. The summed E-state index contributed by atoms with van der Waals surface area (Å²) < 4.78 is 0. The Labute approximate surface area is 190 Å². The fourth-order valence-electron chi connectivity index (χ4n) is 5.51. The van der Waals surface area contributed by atoms with Crippen molar-refractivity contribution in [3.05, 3.63) is 103 Å². The number of anilines is 4. The van der Waals surface area contributed by atoms with Crippen molar-refractivity contribution in [2.24, 2.45) is 5.92 Å². The van der Waals surface area contributed by atoms with Gasteiger partial charge in [-0.05, 0) is 40.8 Å². The molecule has 0 N–H and O–H groups in total. The Morgan fingerprint density at radius 3 is 2.16 bits per heavy atom. The number of hydrogen-bond donors (Lipinski definition) is 0. The Kier molecular flexibility index (Phi) is 4.16. The van der Waals surface area contributed by atoms with Crippen LogP contribution in [0.4, 0.5) is 22.9 Å². The third kappa shape index (κ3) is 2.57. The lowest BCUT2D eigenvalue weighted by molar-refractivity contribution is 0.280. The Hall–Kier alpha value is -3.59. The molecule has 32 heavy (non-hydrogen) atoms. The summed E-state index contributed by atoms with van der Waals surface area (Å²) >= 11 is 0. The van der Waals surface area contributed by atoms with E-state index in [1.165, 1.54) is 33.8 Å². The lowest BCUT2D eigenvalue weighted by atomic mass is 9.69. The van der Waals surface area contributed by atoms with Crippen molar-refractivity contribution >= 4 is 22.9 Å². The molecule has 158 valence electrons. The lowest BCUT2D eigenvalue weighted by Gasteiger charge is -2.50. The summed E-state index contributed by atoms with van der Waals surface area (Å²) in [5.41, 5.74) is 7.55. The first kappa shape index (κ1) is 19.1. The summed E-state index contributed by atoms with van der Waals surface area (Å²) in [4.78, 5) is 9.90. The molecule has 2 aliphatic heterocycles. The van der Waals surface area contributed by atoms with E-state index < -0.39 is 0 Å².